The van der Waals surface area contributed by atoms with E-state index in [4.69, 9.17) is 0 Å². The van der Waals surface area contributed by atoms with Crippen molar-refractivity contribution in [1.82, 2.24) is 19.8 Å². The molecule has 1 aliphatic heterocycles. The van der Waals surface area contributed by atoms with Gasteiger partial charge in [-0.2, -0.15) is 0 Å². The number of fused-ring (bicyclic) bond motifs is 1. The summed E-state index contributed by atoms with van der Waals surface area (Å²) in [5.41, 5.74) is 2.22. The predicted molar refractivity (Wildman–Crippen MR) is 93.3 cm³/mol. The summed E-state index contributed by atoms with van der Waals surface area (Å²) in [6, 6.07) is 5.85. The molecule has 1 saturated carbocycles. The molecular formula is C18H24N4O2. The molecule has 1 aromatic heterocycles. The van der Waals surface area contributed by atoms with Crippen molar-refractivity contribution in [2.75, 3.05) is 20.1 Å². The lowest BCUT2D eigenvalue weighted by atomic mass is 10.0. The highest BCUT2D eigenvalue weighted by Crippen LogP contribution is 2.31. The molecule has 1 amide bonds. The molecule has 2 heterocycles. The fourth-order valence-corrected chi connectivity index (χ4v) is 3.60. The van der Waals surface area contributed by atoms with Gasteiger partial charge in [-0.05, 0) is 62.9 Å². The van der Waals surface area contributed by atoms with Crippen LogP contribution in [0.1, 0.15) is 36.0 Å². The standard InChI is InChI=1S/C18H24N4O2/c1-21(14-6-8-19-9-7-14)17(23)13-4-5-16-15(10-13)20-18(24)22(16)11-12-2-3-12/h4-5,10,12,14,19H,2-3,6-9,11H2,1H3,(H,20,24). The highest BCUT2D eigenvalue weighted by atomic mass is 16.2. The number of carbonyl (C=O) groups is 1. The molecule has 1 aliphatic carbocycles. The van der Waals surface area contributed by atoms with E-state index >= 15 is 0 Å². The van der Waals surface area contributed by atoms with Crippen LogP contribution in [0.5, 0.6) is 0 Å². The predicted octanol–water partition coefficient (Wildman–Crippen LogP) is 1.56. The Kier molecular flexibility index (Phi) is 3.92. The second kappa shape index (κ2) is 6.09. The number of amides is 1. The molecule has 6 nitrogen and oxygen atoms in total. The first-order chi connectivity index (χ1) is 11.6. The number of carbonyl (C=O) groups excluding carboxylic acids is 1. The molecule has 0 atom stereocenters. The van der Waals surface area contributed by atoms with Crippen LogP contribution in [-0.4, -0.2) is 46.5 Å². The minimum atomic E-state index is -0.0757. The number of imidazole rings is 1. The largest absolute Gasteiger partial charge is 0.339 e. The van der Waals surface area contributed by atoms with E-state index in [-0.39, 0.29) is 17.6 Å². The monoisotopic (exact) mass is 328 g/mol. The van der Waals surface area contributed by atoms with Crippen LogP contribution >= 0.6 is 0 Å². The minimum absolute atomic E-state index is 0.0274. The van der Waals surface area contributed by atoms with Crippen LogP contribution in [0.25, 0.3) is 11.0 Å². The van der Waals surface area contributed by atoms with Crippen molar-refractivity contribution in [3.05, 3.63) is 34.2 Å². The highest BCUT2D eigenvalue weighted by Gasteiger charge is 2.25. The molecular weight excluding hydrogens is 304 g/mol. The average Bonchev–Trinajstić information content (AvgIpc) is 3.38. The Morgan fingerprint density at radius 3 is 2.71 bits per heavy atom. The number of hydrogen-bond acceptors (Lipinski definition) is 3. The maximum absolute atomic E-state index is 12.8. The first-order valence-electron chi connectivity index (χ1n) is 8.84. The Balaban J connectivity index is 1.60. The van der Waals surface area contributed by atoms with Gasteiger partial charge in [0.15, 0.2) is 0 Å². The summed E-state index contributed by atoms with van der Waals surface area (Å²) in [4.78, 5) is 29.7. The number of rotatable bonds is 4. The van der Waals surface area contributed by atoms with Crippen LogP contribution in [0.15, 0.2) is 23.0 Å². The van der Waals surface area contributed by atoms with Gasteiger partial charge in [0, 0.05) is 25.2 Å². The first-order valence-corrected chi connectivity index (χ1v) is 8.84. The maximum atomic E-state index is 12.8. The Morgan fingerprint density at radius 1 is 1.25 bits per heavy atom. The lowest BCUT2D eigenvalue weighted by molar-refractivity contribution is 0.0703. The van der Waals surface area contributed by atoms with E-state index < -0.39 is 0 Å². The SMILES string of the molecule is CN(C(=O)c1ccc2c(c1)[nH]c(=O)n2CC1CC1)C1CCNCC1. The van der Waals surface area contributed by atoms with Crippen LogP contribution in [0.3, 0.4) is 0 Å². The van der Waals surface area contributed by atoms with Crippen LogP contribution in [0.4, 0.5) is 0 Å². The topological polar surface area (TPSA) is 70.1 Å². The second-order valence-electron chi connectivity index (χ2n) is 7.11. The zero-order valence-corrected chi connectivity index (χ0v) is 14.0. The molecule has 4 rings (SSSR count). The van der Waals surface area contributed by atoms with E-state index in [2.05, 4.69) is 10.3 Å². The Hall–Kier alpha value is -2.08. The number of piperidine rings is 1. The van der Waals surface area contributed by atoms with Gasteiger partial charge in [-0.15, -0.1) is 0 Å². The number of H-pyrrole nitrogens is 1. The van der Waals surface area contributed by atoms with Crippen molar-refractivity contribution in [1.29, 1.82) is 0 Å². The molecule has 2 aliphatic rings. The normalized spacial score (nSPS) is 18.9. The van der Waals surface area contributed by atoms with Gasteiger partial charge in [0.2, 0.25) is 0 Å². The molecule has 1 saturated heterocycles. The fraction of sp³-hybridized carbons (Fsp3) is 0.556. The molecule has 6 heteroatoms. The Labute approximate surface area is 140 Å². The molecule has 1 aromatic carbocycles. The molecule has 2 N–H and O–H groups in total. The van der Waals surface area contributed by atoms with Crippen molar-refractivity contribution >= 4 is 16.9 Å². The van der Waals surface area contributed by atoms with Crippen LogP contribution < -0.4 is 11.0 Å². The van der Waals surface area contributed by atoms with Gasteiger partial charge in [-0.3, -0.25) is 9.36 Å². The summed E-state index contributed by atoms with van der Waals surface area (Å²) in [6.07, 6.45) is 4.38. The summed E-state index contributed by atoms with van der Waals surface area (Å²) in [5.74, 6) is 0.661. The van der Waals surface area contributed by atoms with Crippen molar-refractivity contribution < 1.29 is 4.79 Å². The molecule has 0 radical (unpaired) electrons. The third-order valence-electron chi connectivity index (χ3n) is 5.34. The second-order valence-corrected chi connectivity index (χ2v) is 7.11. The van der Waals surface area contributed by atoms with E-state index in [0.717, 1.165) is 43.5 Å². The van der Waals surface area contributed by atoms with Gasteiger partial charge in [0.25, 0.3) is 5.91 Å². The molecule has 128 valence electrons. The zero-order chi connectivity index (χ0) is 16.7. The third kappa shape index (κ3) is 2.86. The van der Waals surface area contributed by atoms with Crippen molar-refractivity contribution in [3.8, 4) is 0 Å². The van der Waals surface area contributed by atoms with Gasteiger partial charge >= 0.3 is 5.69 Å². The lowest BCUT2D eigenvalue weighted by Crippen LogP contribution is -2.43. The van der Waals surface area contributed by atoms with Gasteiger partial charge in [0.1, 0.15) is 0 Å². The van der Waals surface area contributed by atoms with Crippen molar-refractivity contribution in [2.24, 2.45) is 5.92 Å². The number of aromatic amines is 1. The summed E-state index contributed by atoms with van der Waals surface area (Å²) in [6.45, 7) is 2.69. The third-order valence-corrected chi connectivity index (χ3v) is 5.34. The average molecular weight is 328 g/mol. The highest BCUT2D eigenvalue weighted by molar-refractivity contribution is 5.97. The Bertz CT molecular complexity index is 812. The van der Waals surface area contributed by atoms with Crippen LogP contribution in [0, 0.1) is 5.92 Å². The van der Waals surface area contributed by atoms with Gasteiger partial charge in [0.05, 0.1) is 11.0 Å². The Morgan fingerprint density at radius 2 is 2.00 bits per heavy atom. The summed E-state index contributed by atoms with van der Waals surface area (Å²) < 4.78 is 1.80. The minimum Gasteiger partial charge on any atom is -0.339 e. The molecule has 0 unspecified atom stereocenters. The number of nitrogens with one attached hydrogen (secondary N) is 2. The molecule has 24 heavy (non-hydrogen) atoms. The maximum Gasteiger partial charge on any atom is 0.326 e. The molecule has 0 bridgehead atoms. The van der Waals surface area contributed by atoms with Crippen LogP contribution in [-0.2, 0) is 6.54 Å². The van der Waals surface area contributed by atoms with Gasteiger partial charge in [-0.25, -0.2) is 4.79 Å². The molecule has 0 spiro atoms. The number of benzene rings is 1. The first kappa shape index (κ1) is 15.4. The van der Waals surface area contributed by atoms with Crippen molar-refractivity contribution in [2.45, 2.75) is 38.3 Å². The van der Waals surface area contributed by atoms with E-state index in [1.54, 1.807) is 4.57 Å². The molecule has 2 aromatic rings. The lowest BCUT2D eigenvalue weighted by Gasteiger charge is -2.31. The summed E-state index contributed by atoms with van der Waals surface area (Å²) >= 11 is 0. The zero-order valence-electron chi connectivity index (χ0n) is 14.0. The molecule has 2 fully saturated rings. The van der Waals surface area contributed by atoms with Crippen molar-refractivity contribution in [3.63, 3.8) is 0 Å². The quantitative estimate of drug-likeness (QED) is 0.895. The van der Waals surface area contributed by atoms with E-state index in [0.29, 0.717) is 11.5 Å². The number of aromatic nitrogens is 2. The summed E-state index contributed by atoms with van der Waals surface area (Å²) in [7, 11) is 1.88. The van der Waals surface area contributed by atoms with E-state index in [9.17, 15) is 9.59 Å². The smallest absolute Gasteiger partial charge is 0.326 e. The number of nitrogens with zero attached hydrogens (tertiary/aromatic N) is 2. The van der Waals surface area contributed by atoms with Gasteiger partial charge < -0.3 is 15.2 Å². The fourth-order valence-electron chi connectivity index (χ4n) is 3.60. The number of hydrogen-bond donors (Lipinski definition) is 2. The van der Waals surface area contributed by atoms with E-state index in [1.165, 1.54) is 12.8 Å². The van der Waals surface area contributed by atoms with Crippen LogP contribution in [0.2, 0.25) is 0 Å². The summed E-state index contributed by atoms with van der Waals surface area (Å²) in [5, 5.41) is 3.32. The van der Waals surface area contributed by atoms with Gasteiger partial charge in [-0.1, -0.05) is 0 Å². The van der Waals surface area contributed by atoms with E-state index in [1.807, 2.05) is 30.1 Å².